The van der Waals surface area contributed by atoms with Gasteiger partial charge in [0.05, 0.1) is 0 Å². The molecule has 0 spiro atoms. The molecule has 4 atom stereocenters. The van der Waals surface area contributed by atoms with Gasteiger partial charge < -0.3 is 5.11 Å². The topological polar surface area (TPSA) is 37.3 Å². The van der Waals surface area contributed by atoms with Crippen LogP contribution in [-0.4, -0.2) is 10.9 Å². The summed E-state index contributed by atoms with van der Waals surface area (Å²) in [5, 5.41) is 10.9. The maximum Gasteiger partial charge on any atom is 0.136 e. The van der Waals surface area contributed by atoms with E-state index in [9.17, 15) is 9.90 Å². The quantitative estimate of drug-likeness (QED) is 0.775. The van der Waals surface area contributed by atoms with Crippen molar-refractivity contribution in [1.29, 1.82) is 0 Å². The van der Waals surface area contributed by atoms with E-state index < -0.39 is 0 Å². The summed E-state index contributed by atoms with van der Waals surface area (Å²) in [5.41, 5.74) is 3.40. The van der Waals surface area contributed by atoms with E-state index in [1.165, 1.54) is 18.4 Å². The van der Waals surface area contributed by atoms with Gasteiger partial charge in [-0.25, -0.2) is 0 Å². The minimum absolute atomic E-state index is 0.0285. The van der Waals surface area contributed by atoms with Crippen molar-refractivity contribution in [2.75, 3.05) is 0 Å². The number of hydrogen-bond acceptors (Lipinski definition) is 2. The highest BCUT2D eigenvalue weighted by Crippen LogP contribution is 2.68. The molecule has 0 saturated heterocycles. The number of aromatic hydroxyl groups is 1. The van der Waals surface area contributed by atoms with Crippen LogP contribution < -0.4 is 0 Å². The lowest BCUT2D eigenvalue weighted by atomic mass is 9.38. The highest BCUT2D eigenvalue weighted by Gasteiger charge is 2.64. The molecule has 2 fully saturated rings. The number of phenolic OH excluding ortho intramolecular Hbond substituents is 1. The summed E-state index contributed by atoms with van der Waals surface area (Å²) in [7, 11) is 0. The third kappa shape index (κ3) is 1.44. The van der Waals surface area contributed by atoms with E-state index >= 15 is 0 Å². The SMILES string of the molecule is Cc1ccc2c(c1O)C13CCC[C@@H](C2)[C@]1(C)CCC(=O)[C@@H]3C. The van der Waals surface area contributed by atoms with Crippen LogP contribution in [0.25, 0.3) is 0 Å². The zero-order valence-corrected chi connectivity index (χ0v) is 13.9. The molecule has 1 N–H and O–H groups in total. The summed E-state index contributed by atoms with van der Waals surface area (Å²) in [6, 6.07) is 4.24. The second-order valence-corrected chi connectivity index (χ2v) is 8.14. The van der Waals surface area contributed by atoms with Crippen LogP contribution in [0, 0.1) is 24.2 Å². The minimum Gasteiger partial charge on any atom is -0.507 e. The first-order valence-electron chi connectivity index (χ1n) is 8.76. The number of hydrogen-bond donors (Lipinski definition) is 1. The normalized spacial score (nSPS) is 40.0. The predicted octanol–water partition coefficient (Wildman–Crippen LogP) is 4.30. The van der Waals surface area contributed by atoms with Crippen LogP contribution in [-0.2, 0) is 16.6 Å². The third-order valence-corrected chi connectivity index (χ3v) is 7.54. The molecule has 0 heterocycles. The Labute approximate surface area is 132 Å². The lowest BCUT2D eigenvalue weighted by molar-refractivity contribution is -0.142. The number of rotatable bonds is 0. The Morgan fingerprint density at radius 1 is 1.27 bits per heavy atom. The van der Waals surface area contributed by atoms with E-state index in [1.807, 2.05) is 13.0 Å². The lowest BCUT2D eigenvalue weighted by Gasteiger charge is -2.64. The van der Waals surface area contributed by atoms with Gasteiger partial charge in [-0.3, -0.25) is 4.79 Å². The largest absolute Gasteiger partial charge is 0.507 e. The van der Waals surface area contributed by atoms with Crippen LogP contribution >= 0.6 is 0 Å². The van der Waals surface area contributed by atoms with Crippen LogP contribution in [0.5, 0.6) is 5.75 Å². The molecule has 22 heavy (non-hydrogen) atoms. The third-order valence-electron chi connectivity index (χ3n) is 7.54. The fourth-order valence-electron chi connectivity index (χ4n) is 6.23. The van der Waals surface area contributed by atoms with Crippen molar-refractivity contribution in [2.45, 2.75) is 64.7 Å². The fourth-order valence-corrected chi connectivity index (χ4v) is 6.23. The molecule has 3 aliphatic carbocycles. The molecule has 2 nitrogen and oxygen atoms in total. The molecule has 1 aromatic carbocycles. The molecule has 2 heteroatoms. The van der Waals surface area contributed by atoms with Gasteiger partial charge in [0.15, 0.2) is 0 Å². The number of Topliss-reactive ketones (excluding diaryl/α,β-unsaturated/α-hetero) is 1. The minimum atomic E-state index is -0.144. The standard InChI is InChI=1S/C20H26O2/c1-12-6-7-14-11-15-5-4-9-20(17(14)18(12)22)13(2)16(21)8-10-19(15,20)3/h6-7,13,15,22H,4-5,8-11H2,1-3H3/t13-,15-,19-,20?/m0/s1. The van der Waals surface area contributed by atoms with Crippen molar-refractivity contribution >= 4 is 5.78 Å². The number of benzene rings is 1. The molecule has 0 amide bonds. The van der Waals surface area contributed by atoms with Gasteiger partial charge in [0.2, 0.25) is 0 Å². The van der Waals surface area contributed by atoms with Gasteiger partial charge >= 0.3 is 0 Å². The van der Waals surface area contributed by atoms with E-state index in [0.29, 0.717) is 17.5 Å². The summed E-state index contributed by atoms with van der Waals surface area (Å²) in [6.07, 6.45) is 6.29. The molecule has 1 unspecified atom stereocenters. The van der Waals surface area contributed by atoms with Crippen LogP contribution in [0.1, 0.15) is 62.6 Å². The highest BCUT2D eigenvalue weighted by atomic mass is 16.3. The molecule has 0 aromatic heterocycles. The Hall–Kier alpha value is -1.31. The summed E-state index contributed by atoms with van der Waals surface area (Å²) in [6.45, 7) is 6.51. The van der Waals surface area contributed by atoms with Gasteiger partial charge in [-0.1, -0.05) is 32.4 Å². The summed E-state index contributed by atoms with van der Waals surface area (Å²) < 4.78 is 0. The maximum absolute atomic E-state index is 12.6. The summed E-state index contributed by atoms with van der Waals surface area (Å²) in [5.74, 6) is 1.55. The molecule has 0 aliphatic heterocycles. The Kier molecular flexibility index (Phi) is 2.84. The first-order valence-corrected chi connectivity index (χ1v) is 8.76. The molecule has 2 bridgehead atoms. The fraction of sp³-hybridized carbons (Fsp3) is 0.650. The first kappa shape index (κ1) is 14.3. The zero-order chi connectivity index (χ0) is 15.7. The first-order chi connectivity index (χ1) is 10.4. The molecular formula is C20H26O2. The van der Waals surface area contributed by atoms with Crippen LogP contribution in [0.4, 0.5) is 0 Å². The Morgan fingerprint density at radius 3 is 2.82 bits per heavy atom. The molecule has 2 saturated carbocycles. The average molecular weight is 298 g/mol. The van der Waals surface area contributed by atoms with Crippen molar-refractivity contribution < 1.29 is 9.90 Å². The number of aryl methyl sites for hydroxylation is 1. The van der Waals surface area contributed by atoms with Gasteiger partial charge in [0.1, 0.15) is 11.5 Å². The Morgan fingerprint density at radius 2 is 2.05 bits per heavy atom. The predicted molar refractivity (Wildman–Crippen MR) is 87.1 cm³/mol. The molecule has 3 aliphatic rings. The number of ketones is 1. The maximum atomic E-state index is 12.6. The highest BCUT2D eigenvalue weighted by molar-refractivity contribution is 5.84. The van der Waals surface area contributed by atoms with E-state index in [1.54, 1.807) is 0 Å². The van der Waals surface area contributed by atoms with E-state index in [2.05, 4.69) is 19.9 Å². The Balaban J connectivity index is 2.07. The number of carbonyl (C=O) groups excluding carboxylic acids is 1. The average Bonchev–Trinajstić information content (AvgIpc) is 2.47. The van der Waals surface area contributed by atoms with Crippen molar-refractivity contribution in [3.63, 3.8) is 0 Å². The number of phenols is 1. The lowest BCUT2D eigenvalue weighted by Crippen LogP contribution is -2.62. The van der Waals surface area contributed by atoms with E-state index in [-0.39, 0.29) is 16.7 Å². The number of fused-ring (bicyclic) bond motifs is 1. The van der Waals surface area contributed by atoms with Crippen molar-refractivity contribution in [1.82, 2.24) is 0 Å². The second-order valence-electron chi connectivity index (χ2n) is 8.14. The zero-order valence-electron chi connectivity index (χ0n) is 13.9. The van der Waals surface area contributed by atoms with Crippen LogP contribution in [0.3, 0.4) is 0 Å². The van der Waals surface area contributed by atoms with Crippen molar-refractivity contribution in [3.05, 3.63) is 28.8 Å². The molecule has 118 valence electrons. The van der Waals surface area contributed by atoms with Gasteiger partial charge in [-0.2, -0.15) is 0 Å². The summed E-state index contributed by atoms with van der Waals surface area (Å²) in [4.78, 5) is 12.6. The van der Waals surface area contributed by atoms with Crippen LogP contribution in [0.15, 0.2) is 12.1 Å². The Bertz CT molecular complexity index is 662. The summed E-state index contributed by atoms with van der Waals surface area (Å²) >= 11 is 0. The smallest absolute Gasteiger partial charge is 0.136 e. The molecule has 4 rings (SSSR count). The van der Waals surface area contributed by atoms with Gasteiger partial charge in [-0.05, 0) is 55.1 Å². The van der Waals surface area contributed by atoms with Crippen molar-refractivity contribution in [2.24, 2.45) is 17.3 Å². The van der Waals surface area contributed by atoms with E-state index in [4.69, 9.17) is 0 Å². The number of carbonyl (C=O) groups is 1. The second kappa shape index (κ2) is 4.37. The van der Waals surface area contributed by atoms with Crippen LogP contribution in [0.2, 0.25) is 0 Å². The molecule has 1 aromatic rings. The van der Waals surface area contributed by atoms with Gasteiger partial charge in [0.25, 0.3) is 0 Å². The van der Waals surface area contributed by atoms with Crippen molar-refractivity contribution in [3.8, 4) is 5.75 Å². The monoisotopic (exact) mass is 298 g/mol. The molecule has 0 radical (unpaired) electrons. The van der Waals surface area contributed by atoms with E-state index in [0.717, 1.165) is 36.8 Å². The van der Waals surface area contributed by atoms with Gasteiger partial charge in [-0.15, -0.1) is 0 Å². The van der Waals surface area contributed by atoms with Gasteiger partial charge in [0, 0.05) is 23.3 Å². The molecular weight excluding hydrogens is 272 g/mol.